The molecule has 0 radical (unpaired) electrons. The van der Waals surface area contributed by atoms with Gasteiger partial charge in [-0.25, -0.2) is 4.98 Å². The van der Waals surface area contributed by atoms with E-state index < -0.39 is 5.91 Å². The maximum atomic E-state index is 11.2. The lowest BCUT2D eigenvalue weighted by atomic mass is 10.1. The average molecular weight is 352 g/mol. The standard InChI is InChI=1S/C16H15Cl2N3O2/c17-12-3-1-10(2-4-12)14-9-21(5-6-23-14)16-13(18)7-11(8-20-16)15(19)22/h1-4,7-8,14H,5-6,9H2,(H2,19,22)/t14-/m1/s1. The second-order valence-electron chi connectivity index (χ2n) is 5.25. The number of pyridine rings is 1. The zero-order chi connectivity index (χ0) is 16.4. The van der Waals surface area contributed by atoms with Crippen LogP contribution in [0.1, 0.15) is 22.0 Å². The number of benzene rings is 1. The molecule has 5 nitrogen and oxygen atoms in total. The van der Waals surface area contributed by atoms with Crippen LogP contribution >= 0.6 is 23.2 Å². The van der Waals surface area contributed by atoms with Crippen LogP contribution in [0.2, 0.25) is 10.0 Å². The van der Waals surface area contributed by atoms with Gasteiger partial charge in [-0.05, 0) is 23.8 Å². The lowest BCUT2D eigenvalue weighted by Gasteiger charge is -2.34. The summed E-state index contributed by atoms with van der Waals surface area (Å²) in [6, 6.07) is 9.11. The molecule has 2 heterocycles. The van der Waals surface area contributed by atoms with E-state index >= 15 is 0 Å². The highest BCUT2D eigenvalue weighted by Gasteiger charge is 2.24. The first kappa shape index (κ1) is 16.1. The number of ether oxygens (including phenoxy) is 1. The summed E-state index contributed by atoms with van der Waals surface area (Å²) >= 11 is 12.2. The topological polar surface area (TPSA) is 68.5 Å². The fourth-order valence-electron chi connectivity index (χ4n) is 2.52. The van der Waals surface area contributed by atoms with Crippen molar-refractivity contribution in [1.82, 2.24) is 4.98 Å². The molecule has 2 N–H and O–H groups in total. The number of hydrogen-bond donors (Lipinski definition) is 1. The van der Waals surface area contributed by atoms with Gasteiger partial charge < -0.3 is 15.4 Å². The van der Waals surface area contributed by atoms with Gasteiger partial charge in [0.05, 0.1) is 17.2 Å². The van der Waals surface area contributed by atoms with E-state index in [9.17, 15) is 4.79 Å². The minimum absolute atomic E-state index is 0.0882. The molecule has 0 aliphatic carbocycles. The minimum Gasteiger partial charge on any atom is -0.370 e. The molecule has 0 spiro atoms. The number of amides is 1. The smallest absolute Gasteiger partial charge is 0.250 e. The zero-order valence-corrected chi connectivity index (χ0v) is 13.7. The summed E-state index contributed by atoms with van der Waals surface area (Å²) in [7, 11) is 0. The number of morpholine rings is 1. The summed E-state index contributed by atoms with van der Waals surface area (Å²) in [6.07, 6.45) is 1.35. The molecular formula is C16H15Cl2N3O2. The van der Waals surface area contributed by atoms with Crippen molar-refractivity contribution in [2.75, 3.05) is 24.6 Å². The Balaban J connectivity index is 1.81. The Morgan fingerprint density at radius 3 is 2.70 bits per heavy atom. The Labute approximate surface area is 144 Å². The van der Waals surface area contributed by atoms with E-state index in [1.54, 1.807) is 6.07 Å². The lowest BCUT2D eigenvalue weighted by Crippen LogP contribution is -2.39. The van der Waals surface area contributed by atoms with Crippen molar-refractivity contribution in [3.05, 3.63) is 57.7 Å². The molecule has 0 unspecified atom stereocenters. The number of nitrogens with zero attached hydrogens (tertiary/aromatic N) is 2. The van der Waals surface area contributed by atoms with Crippen molar-refractivity contribution in [2.45, 2.75) is 6.10 Å². The third-order valence-corrected chi connectivity index (χ3v) is 4.24. The molecule has 1 aromatic heterocycles. The van der Waals surface area contributed by atoms with Gasteiger partial charge in [-0.2, -0.15) is 0 Å². The van der Waals surface area contributed by atoms with Crippen LogP contribution < -0.4 is 10.6 Å². The van der Waals surface area contributed by atoms with Crippen molar-refractivity contribution in [3.8, 4) is 0 Å². The van der Waals surface area contributed by atoms with Gasteiger partial charge in [0.2, 0.25) is 5.91 Å². The Hall–Kier alpha value is -1.82. The number of carbonyl (C=O) groups excluding carboxylic acids is 1. The van der Waals surface area contributed by atoms with Gasteiger partial charge in [-0.15, -0.1) is 0 Å². The molecule has 1 fully saturated rings. The van der Waals surface area contributed by atoms with Crippen molar-refractivity contribution in [1.29, 1.82) is 0 Å². The zero-order valence-electron chi connectivity index (χ0n) is 12.2. The SMILES string of the molecule is NC(=O)c1cnc(N2CCO[C@@H](c3ccc(Cl)cc3)C2)c(Cl)c1. The van der Waals surface area contributed by atoms with Crippen molar-refractivity contribution in [3.63, 3.8) is 0 Å². The molecule has 2 aromatic rings. The summed E-state index contributed by atoms with van der Waals surface area (Å²) < 4.78 is 5.83. The van der Waals surface area contributed by atoms with Gasteiger partial charge >= 0.3 is 0 Å². The monoisotopic (exact) mass is 351 g/mol. The predicted molar refractivity (Wildman–Crippen MR) is 90.1 cm³/mol. The molecule has 1 amide bonds. The van der Waals surface area contributed by atoms with Gasteiger partial charge in [0, 0.05) is 24.3 Å². The number of hydrogen-bond acceptors (Lipinski definition) is 4. The Bertz CT molecular complexity index is 722. The van der Waals surface area contributed by atoms with E-state index in [-0.39, 0.29) is 6.10 Å². The molecule has 7 heteroatoms. The third-order valence-electron chi connectivity index (χ3n) is 3.71. The molecule has 23 heavy (non-hydrogen) atoms. The van der Waals surface area contributed by atoms with Crippen LogP contribution in [0.5, 0.6) is 0 Å². The van der Waals surface area contributed by atoms with Gasteiger partial charge in [0.25, 0.3) is 0 Å². The number of aromatic nitrogens is 1. The van der Waals surface area contributed by atoms with Crippen molar-refractivity contribution in [2.24, 2.45) is 5.73 Å². The molecule has 0 bridgehead atoms. The molecule has 1 atom stereocenters. The van der Waals surface area contributed by atoms with Crippen molar-refractivity contribution < 1.29 is 9.53 Å². The van der Waals surface area contributed by atoms with E-state index in [1.165, 1.54) is 6.20 Å². The summed E-state index contributed by atoms with van der Waals surface area (Å²) in [6.45, 7) is 1.85. The molecule has 1 aromatic carbocycles. The molecule has 1 saturated heterocycles. The number of primary amides is 1. The maximum Gasteiger partial charge on any atom is 0.250 e. The van der Waals surface area contributed by atoms with Crippen LogP contribution in [-0.2, 0) is 4.74 Å². The number of halogens is 2. The van der Waals surface area contributed by atoms with Crippen LogP contribution in [-0.4, -0.2) is 30.6 Å². The summed E-state index contributed by atoms with van der Waals surface area (Å²) in [4.78, 5) is 17.5. The van der Waals surface area contributed by atoms with E-state index in [0.29, 0.717) is 41.1 Å². The predicted octanol–water partition coefficient (Wildman–Crippen LogP) is 3.07. The Morgan fingerprint density at radius 2 is 2.04 bits per heavy atom. The normalized spacial score (nSPS) is 18.0. The summed E-state index contributed by atoms with van der Waals surface area (Å²) in [5.41, 5.74) is 6.58. The second-order valence-corrected chi connectivity index (χ2v) is 6.09. The molecular weight excluding hydrogens is 337 g/mol. The first-order chi connectivity index (χ1) is 11.0. The van der Waals surface area contributed by atoms with Gasteiger partial charge in [0.15, 0.2) is 0 Å². The first-order valence-corrected chi connectivity index (χ1v) is 7.87. The number of rotatable bonds is 3. The fourth-order valence-corrected chi connectivity index (χ4v) is 2.93. The number of anilines is 1. The van der Waals surface area contributed by atoms with E-state index in [0.717, 1.165) is 5.56 Å². The van der Waals surface area contributed by atoms with Crippen LogP contribution in [0.25, 0.3) is 0 Å². The highest BCUT2D eigenvalue weighted by atomic mass is 35.5. The fraction of sp³-hybridized carbons (Fsp3) is 0.250. The molecule has 1 aliphatic heterocycles. The second kappa shape index (κ2) is 6.74. The maximum absolute atomic E-state index is 11.2. The van der Waals surface area contributed by atoms with Crippen molar-refractivity contribution >= 4 is 34.9 Å². The summed E-state index contributed by atoms with van der Waals surface area (Å²) in [5, 5.41) is 1.09. The van der Waals surface area contributed by atoms with E-state index in [4.69, 9.17) is 33.7 Å². The third kappa shape index (κ3) is 3.58. The van der Waals surface area contributed by atoms with Crippen LogP contribution in [0.3, 0.4) is 0 Å². The summed E-state index contributed by atoms with van der Waals surface area (Å²) in [5.74, 6) is 0.0749. The van der Waals surface area contributed by atoms with Gasteiger partial charge in [-0.1, -0.05) is 35.3 Å². The minimum atomic E-state index is -0.549. The average Bonchev–Trinajstić information content (AvgIpc) is 2.55. The number of nitrogens with two attached hydrogens (primary N) is 1. The Morgan fingerprint density at radius 1 is 1.30 bits per heavy atom. The van der Waals surface area contributed by atoms with E-state index in [1.807, 2.05) is 29.2 Å². The largest absolute Gasteiger partial charge is 0.370 e. The van der Waals surface area contributed by atoms with Crippen LogP contribution in [0, 0.1) is 0 Å². The lowest BCUT2D eigenvalue weighted by molar-refractivity contribution is 0.0395. The quantitative estimate of drug-likeness (QED) is 0.922. The van der Waals surface area contributed by atoms with Crippen LogP contribution in [0.15, 0.2) is 36.5 Å². The molecule has 0 saturated carbocycles. The number of carbonyl (C=O) groups is 1. The first-order valence-electron chi connectivity index (χ1n) is 7.12. The highest BCUT2D eigenvalue weighted by Crippen LogP contribution is 2.30. The van der Waals surface area contributed by atoms with E-state index in [2.05, 4.69) is 4.98 Å². The van der Waals surface area contributed by atoms with Gasteiger partial charge in [0.1, 0.15) is 11.9 Å². The molecule has 1 aliphatic rings. The van der Waals surface area contributed by atoms with Crippen LogP contribution in [0.4, 0.5) is 5.82 Å². The van der Waals surface area contributed by atoms with Gasteiger partial charge in [-0.3, -0.25) is 4.79 Å². The highest BCUT2D eigenvalue weighted by molar-refractivity contribution is 6.33. The molecule has 120 valence electrons. The molecule has 3 rings (SSSR count). The Kier molecular flexibility index (Phi) is 4.71.